The third-order valence-corrected chi connectivity index (χ3v) is 4.02. The van der Waals surface area contributed by atoms with Crippen LogP contribution in [0, 0.1) is 12.8 Å². The molecule has 9 nitrogen and oxygen atoms in total. The highest BCUT2D eigenvalue weighted by Crippen LogP contribution is 2.40. The number of rotatable bonds is 2. The van der Waals surface area contributed by atoms with E-state index in [1.165, 1.54) is 13.3 Å². The maximum Gasteiger partial charge on any atom is 0.227 e. The molecule has 1 aliphatic rings. The molecule has 0 unspecified atom stereocenters. The van der Waals surface area contributed by atoms with Gasteiger partial charge in [-0.05, 0) is 13.8 Å². The van der Waals surface area contributed by atoms with Crippen molar-refractivity contribution in [3.63, 3.8) is 0 Å². The Balaban J connectivity index is 2.23. The summed E-state index contributed by atoms with van der Waals surface area (Å²) in [5.41, 5.74) is 5.64. The smallest absolute Gasteiger partial charge is 0.227 e. The van der Waals surface area contributed by atoms with Gasteiger partial charge in [0.1, 0.15) is 24.0 Å². The minimum absolute atomic E-state index is 0.380. The van der Waals surface area contributed by atoms with Crippen LogP contribution in [0.25, 0.3) is 0 Å². The Hall–Kier alpha value is -2.42. The molecule has 0 saturated carbocycles. The number of aromatic nitrogens is 5. The number of nitrogens with zero attached hydrogens (tertiary/aromatic N) is 5. The van der Waals surface area contributed by atoms with E-state index in [0.29, 0.717) is 5.95 Å². The van der Waals surface area contributed by atoms with E-state index in [1.807, 2.05) is 6.92 Å². The predicted octanol–water partition coefficient (Wildman–Crippen LogP) is -0.855. The topological polar surface area (TPSA) is 124 Å². The molecule has 0 radical (unpaired) electrons. The molecule has 9 heteroatoms. The van der Waals surface area contributed by atoms with Gasteiger partial charge in [-0.15, -0.1) is 0 Å². The molecular formula is C12H17N7O2. The Morgan fingerprint density at radius 1 is 1.52 bits per heavy atom. The van der Waals surface area contributed by atoms with Crippen LogP contribution in [-0.4, -0.2) is 41.3 Å². The summed E-state index contributed by atoms with van der Waals surface area (Å²) in [6.07, 6.45) is 3.02. The van der Waals surface area contributed by atoms with Crippen molar-refractivity contribution < 1.29 is 9.90 Å². The van der Waals surface area contributed by atoms with Gasteiger partial charge in [0.05, 0.1) is 6.20 Å². The van der Waals surface area contributed by atoms with Crippen molar-refractivity contribution in [3.05, 3.63) is 23.8 Å². The molecule has 0 fully saturated rings. The fourth-order valence-electron chi connectivity index (χ4n) is 2.85. The molecule has 2 aromatic rings. The molecule has 0 bridgehead atoms. The molecule has 0 aromatic carbocycles. The van der Waals surface area contributed by atoms with Crippen molar-refractivity contribution in [2.75, 3.05) is 5.32 Å². The summed E-state index contributed by atoms with van der Waals surface area (Å²) in [6, 6.07) is -0.565. The van der Waals surface area contributed by atoms with Crippen LogP contribution in [0.4, 0.5) is 5.95 Å². The van der Waals surface area contributed by atoms with E-state index < -0.39 is 23.6 Å². The minimum atomic E-state index is -1.53. The first kappa shape index (κ1) is 13.6. The summed E-state index contributed by atoms with van der Waals surface area (Å²) in [4.78, 5) is 16.0. The molecule has 3 heterocycles. The van der Waals surface area contributed by atoms with Crippen LogP contribution < -0.4 is 11.1 Å². The van der Waals surface area contributed by atoms with E-state index in [4.69, 9.17) is 5.73 Å². The molecule has 4 N–H and O–H groups in total. The Labute approximate surface area is 120 Å². The van der Waals surface area contributed by atoms with E-state index in [-0.39, 0.29) is 0 Å². The molecular weight excluding hydrogens is 274 g/mol. The van der Waals surface area contributed by atoms with Crippen LogP contribution in [0.15, 0.2) is 12.5 Å². The number of carbonyl (C=O) groups is 1. The van der Waals surface area contributed by atoms with Crippen molar-refractivity contribution in [2.45, 2.75) is 25.6 Å². The standard InChI is InChI=1S/C12H17N7O2/c1-6-7(4-15-18(6)3)9-8(10(13)20)12(2,21)17-11-14-5-16-19(9)11/h4-5,8-9,21H,1-3H3,(H2,13,20)(H,14,16,17)/t8-,9-,12+/m0/s1. The number of aliphatic hydroxyl groups is 1. The van der Waals surface area contributed by atoms with Gasteiger partial charge in [0.2, 0.25) is 11.9 Å². The predicted molar refractivity (Wildman–Crippen MR) is 73.0 cm³/mol. The monoisotopic (exact) mass is 291 g/mol. The molecule has 0 aliphatic carbocycles. The van der Waals surface area contributed by atoms with Gasteiger partial charge in [0.15, 0.2) is 0 Å². The normalized spacial score (nSPS) is 28.0. The highest BCUT2D eigenvalue weighted by atomic mass is 16.3. The molecule has 3 atom stereocenters. The summed E-state index contributed by atoms with van der Waals surface area (Å²) in [6.45, 7) is 3.38. The highest BCUT2D eigenvalue weighted by molar-refractivity contribution is 5.80. The fourth-order valence-corrected chi connectivity index (χ4v) is 2.85. The van der Waals surface area contributed by atoms with Crippen LogP contribution in [0.3, 0.4) is 0 Å². The lowest BCUT2D eigenvalue weighted by Gasteiger charge is -2.41. The number of nitrogens with one attached hydrogen (secondary N) is 1. The summed E-state index contributed by atoms with van der Waals surface area (Å²) in [7, 11) is 1.81. The van der Waals surface area contributed by atoms with Crippen LogP contribution >= 0.6 is 0 Å². The number of nitrogens with two attached hydrogens (primary N) is 1. The van der Waals surface area contributed by atoms with Crippen molar-refractivity contribution >= 4 is 11.9 Å². The maximum atomic E-state index is 11.9. The van der Waals surface area contributed by atoms with E-state index >= 15 is 0 Å². The van der Waals surface area contributed by atoms with Crippen LogP contribution in [0.5, 0.6) is 0 Å². The Kier molecular flexibility index (Phi) is 2.77. The van der Waals surface area contributed by atoms with Gasteiger partial charge in [-0.1, -0.05) is 0 Å². The van der Waals surface area contributed by atoms with E-state index in [9.17, 15) is 9.90 Å². The lowest BCUT2D eigenvalue weighted by molar-refractivity contribution is -0.131. The molecule has 2 aromatic heterocycles. The number of fused-ring (bicyclic) bond motifs is 1. The number of hydrogen-bond acceptors (Lipinski definition) is 6. The van der Waals surface area contributed by atoms with E-state index in [1.54, 1.807) is 22.6 Å². The zero-order chi connectivity index (χ0) is 15.4. The number of primary amides is 1. The lowest BCUT2D eigenvalue weighted by atomic mass is 9.83. The third-order valence-electron chi connectivity index (χ3n) is 4.02. The third kappa shape index (κ3) is 1.88. The largest absolute Gasteiger partial charge is 0.370 e. The summed E-state index contributed by atoms with van der Waals surface area (Å²) < 4.78 is 3.25. The SMILES string of the molecule is Cc1c([C@H]2[C@@H](C(N)=O)[C@@](C)(O)Nc3ncnn32)cnn1C. The van der Waals surface area contributed by atoms with Crippen molar-refractivity contribution in [1.29, 1.82) is 0 Å². The number of aryl methyl sites for hydroxylation is 1. The quantitative estimate of drug-likeness (QED) is 0.661. The van der Waals surface area contributed by atoms with Gasteiger partial charge in [-0.2, -0.15) is 15.2 Å². The second-order valence-electron chi connectivity index (χ2n) is 5.43. The molecule has 0 saturated heterocycles. The molecule has 0 spiro atoms. The van der Waals surface area contributed by atoms with Crippen LogP contribution in [-0.2, 0) is 11.8 Å². The van der Waals surface area contributed by atoms with Gasteiger partial charge in [-0.3, -0.25) is 9.48 Å². The average molecular weight is 291 g/mol. The van der Waals surface area contributed by atoms with E-state index in [0.717, 1.165) is 11.3 Å². The minimum Gasteiger partial charge on any atom is -0.370 e. The lowest BCUT2D eigenvalue weighted by Crippen LogP contribution is -2.56. The fraction of sp³-hybridized carbons (Fsp3) is 0.500. The zero-order valence-corrected chi connectivity index (χ0v) is 12.0. The summed E-state index contributed by atoms with van der Waals surface area (Å²) >= 11 is 0. The Bertz CT molecular complexity index is 702. The van der Waals surface area contributed by atoms with Crippen molar-refractivity contribution in [3.8, 4) is 0 Å². The van der Waals surface area contributed by atoms with Gasteiger partial charge in [0.25, 0.3) is 0 Å². The Morgan fingerprint density at radius 3 is 2.81 bits per heavy atom. The first-order chi connectivity index (χ1) is 9.83. The number of hydrogen-bond donors (Lipinski definition) is 3. The molecule has 21 heavy (non-hydrogen) atoms. The number of amides is 1. The number of carbonyl (C=O) groups excluding carboxylic acids is 1. The second-order valence-corrected chi connectivity index (χ2v) is 5.43. The van der Waals surface area contributed by atoms with Crippen molar-refractivity contribution in [1.82, 2.24) is 24.5 Å². The van der Waals surface area contributed by atoms with Gasteiger partial charge >= 0.3 is 0 Å². The van der Waals surface area contributed by atoms with Gasteiger partial charge < -0.3 is 16.2 Å². The molecule has 112 valence electrons. The van der Waals surface area contributed by atoms with E-state index in [2.05, 4.69) is 20.5 Å². The molecule has 1 amide bonds. The second kappa shape index (κ2) is 4.29. The van der Waals surface area contributed by atoms with Crippen molar-refractivity contribution in [2.24, 2.45) is 18.7 Å². The Morgan fingerprint density at radius 2 is 2.24 bits per heavy atom. The first-order valence-electron chi connectivity index (χ1n) is 6.51. The maximum absolute atomic E-state index is 11.9. The summed E-state index contributed by atoms with van der Waals surface area (Å²) in [5.74, 6) is -1.15. The average Bonchev–Trinajstić information content (AvgIpc) is 2.94. The highest BCUT2D eigenvalue weighted by Gasteiger charge is 2.49. The zero-order valence-electron chi connectivity index (χ0n) is 12.0. The number of anilines is 1. The van der Waals surface area contributed by atoms with Gasteiger partial charge in [0, 0.05) is 18.3 Å². The molecule has 3 rings (SSSR count). The van der Waals surface area contributed by atoms with Crippen LogP contribution in [0.1, 0.15) is 24.2 Å². The molecule has 1 aliphatic heterocycles. The first-order valence-corrected chi connectivity index (χ1v) is 6.51. The van der Waals surface area contributed by atoms with Crippen LogP contribution in [0.2, 0.25) is 0 Å². The summed E-state index contributed by atoms with van der Waals surface area (Å²) in [5, 5.41) is 21.7. The van der Waals surface area contributed by atoms with Gasteiger partial charge in [-0.25, -0.2) is 4.68 Å².